The molecule has 3 rings (SSSR count). The van der Waals surface area contributed by atoms with Gasteiger partial charge in [-0.15, -0.1) is 0 Å². The third-order valence-electron chi connectivity index (χ3n) is 4.81. The van der Waals surface area contributed by atoms with Crippen molar-refractivity contribution < 1.29 is 9.59 Å². The van der Waals surface area contributed by atoms with Crippen molar-refractivity contribution in [3.63, 3.8) is 0 Å². The molecule has 29 heavy (non-hydrogen) atoms. The summed E-state index contributed by atoms with van der Waals surface area (Å²) in [5.41, 5.74) is 3.22. The van der Waals surface area contributed by atoms with E-state index in [0.717, 1.165) is 43.1 Å². The number of nitrogens with zero attached hydrogens (tertiary/aromatic N) is 2. The van der Waals surface area contributed by atoms with Crippen LogP contribution in [0.3, 0.4) is 0 Å². The van der Waals surface area contributed by atoms with Crippen LogP contribution in [0.1, 0.15) is 22.8 Å². The fourth-order valence-corrected chi connectivity index (χ4v) is 3.70. The van der Waals surface area contributed by atoms with E-state index in [2.05, 4.69) is 15.5 Å². The van der Waals surface area contributed by atoms with Gasteiger partial charge in [0.25, 0.3) is 5.91 Å². The molecule has 2 N–H and O–H groups in total. The van der Waals surface area contributed by atoms with E-state index in [4.69, 9.17) is 23.8 Å². The molecule has 0 unspecified atom stereocenters. The van der Waals surface area contributed by atoms with E-state index in [1.54, 1.807) is 19.1 Å². The molecular weight excluding hydrogens is 408 g/mol. The van der Waals surface area contributed by atoms with Gasteiger partial charge in [-0.05, 0) is 61.1 Å². The molecule has 0 atom stereocenters. The first-order chi connectivity index (χ1) is 13.8. The van der Waals surface area contributed by atoms with Gasteiger partial charge in [0.2, 0.25) is 5.91 Å². The summed E-state index contributed by atoms with van der Waals surface area (Å²) in [5.74, 6) is -0.237. The van der Waals surface area contributed by atoms with Crippen LogP contribution in [-0.4, -0.2) is 48.0 Å². The number of aryl methyl sites for hydroxylation is 1. The number of carbonyl (C=O) groups excluding carboxylic acids is 2. The maximum atomic E-state index is 12.4. The molecule has 0 saturated carbocycles. The second-order valence-electron chi connectivity index (χ2n) is 6.93. The summed E-state index contributed by atoms with van der Waals surface area (Å²) in [6.07, 6.45) is 0. The van der Waals surface area contributed by atoms with Crippen LogP contribution in [0.4, 0.5) is 11.4 Å². The molecule has 152 valence electrons. The van der Waals surface area contributed by atoms with Gasteiger partial charge in [0, 0.05) is 44.5 Å². The minimum absolute atomic E-state index is 0.117. The number of hydrogen-bond donors (Lipinski definition) is 2. The van der Waals surface area contributed by atoms with Crippen molar-refractivity contribution in [2.75, 3.05) is 36.4 Å². The highest BCUT2D eigenvalue weighted by atomic mass is 35.5. The molecule has 1 fully saturated rings. The summed E-state index contributed by atoms with van der Waals surface area (Å²) in [7, 11) is 0. The Labute approximate surface area is 180 Å². The van der Waals surface area contributed by atoms with Crippen molar-refractivity contribution in [2.24, 2.45) is 0 Å². The van der Waals surface area contributed by atoms with E-state index >= 15 is 0 Å². The Morgan fingerprint density at radius 3 is 2.28 bits per heavy atom. The Morgan fingerprint density at radius 2 is 1.69 bits per heavy atom. The lowest BCUT2D eigenvalue weighted by Crippen LogP contribution is -2.48. The van der Waals surface area contributed by atoms with Crippen LogP contribution in [0, 0.1) is 6.92 Å². The molecule has 1 aliphatic rings. The van der Waals surface area contributed by atoms with Gasteiger partial charge in [0.15, 0.2) is 5.11 Å². The van der Waals surface area contributed by atoms with Crippen LogP contribution in [0.5, 0.6) is 0 Å². The zero-order chi connectivity index (χ0) is 21.0. The van der Waals surface area contributed by atoms with Crippen molar-refractivity contribution >= 4 is 52.1 Å². The van der Waals surface area contributed by atoms with E-state index in [1.807, 2.05) is 42.2 Å². The summed E-state index contributed by atoms with van der Waals surface area (Å²) >= 11 is 11.4. The predicted molar refractivity (Wildman–Crippen MR) is 121 cm³/mol. The van der Waals surface area contributed by atoms with E-state index in [-0.39, 0.29) is 16.9 Å². The van der Waals surface area contributed by atoms with E-state index in [0.29, 0.717) is 10.6 Å². The average Bonchev–Trinajstić information content (AvgIpc) is 2.68. The molecule has 8 heteroatoms. The van der Waals surface area contributed by atoms with E-state index in [1.165, 1.54) is 0 Å². The van der Waals surface area contributed by atoms with Crippen molar-refractivity contribution in [1.29, 1.82) is 0 Å². The lowest BCUT2D eigenvalue weighted by molar-refractivity contribution is -0.129. The third-order valence-corrected chi connectivity index (χ3v) is 5.33. The molecule has 0 aromatic heterocycles. The molecule has 0 bridgehead atoms. The van der Waals surface area contributed by atoms with E-state index in [9.17, 15) is 9.59 Å². The SMILES string of the molecule is CC(=O)N1CCN(c2ccc(NC(=S)NC(=O)c3ccc(C)cc3Cl)cc2)CC1. The molecule has 2 aromatic carbocycles. The molecule has 2 aromatic rings. The number of anilines is 2. The smallest absolute Gasteiger partial charge is 0.258 e. The molecule has 0 spiro atoms. The normalized spacial score (nSPS) is 13.8. The first kappa shape index (κ1) is 21.1. The van der Waals surface area contributed by atoms with Crippen LogP contribution in [0.15, 0.2) is 42.5 Å². The van der Waals surface area contributed by atoms with Crippen molar-refractivity contribution in [3.8, 4) is 0 Å². The number of piperazine rings is 1. The number of rotatable bonds is 3. The molecule has 6 nitrogen and oxygen atoms in total. The van der Waals surface area contributed by atoms with Crippen LogP contribution < -0.4 is 15.5 Å². The zero-order valence-electron chi connectivity index (χ0n) is 16.4. The maximum Gasteiger partial charge on any atom is 0.258 e. The van der Waals surface area contributed by atoms with Gasteiger partial charge in [-0.25, -0.2) is 0 Å². The first-order valence-corrected chi connectivity index (χ1v) is 10.1. The van der Waals surface area contributed by atoms with Crippen molar-refractivity contribution in [2.45, 2.75) is 13.8 Å². The summed E-state index contributed by atoms with van der Waals surface area (Å²) < 4.78 is 0. The van der Waals surface area contributed by atoms with Gasteiger partial charge >= 0.3 is 0 Å². The highest BCUT2D eigenvalue weighted by molar-refractivity contribution is 7.80. The molecule has 1 aliphatic heterocycles. The van der Waals surface area contributed by atoms with Crippen LogP contribution in [0.25, 0.3) is 0 Å². The number of carbonyl (C=O) groups is 2. The fourth-order valence-electron chi connectivity index (χ4n) is 3.17. The summed E-state index contributed by atoms with van der Waals surface area (Å²) in [5, 5.41) is 6.25. The first-order valence-electron chi connectivity index (χ1n) is 9.32. The van der Waals surface area contributed by atoms with Gasteiger partial charge in [-0.3, -0.25) is 14.9 Å². The summed E-state index contributed by atoms with van der Waals surface area (Å²) in [6.45, 7) is 6.58. The van der Waals surface area contributed by atoms with Crippen LogP contribution in [0.2, 0.25) is 5.02 Å². The largest absolute Gasteiger partial charge is 0.368 e. The highest BCUT2D eigenvalue weighted by Gasteiger charge is 2.18. The Kier molecular flexibility index (Phi) is 6.71. The second-order valence-corrected chi connectivity index (χ2v) is 7.75. The maximum absolute atomic E-state index is 12.4. The Balaban J connectivity index is 1.55. The number of nitrogens with one attached hydrogen (secondary N) is 2. The number of thiocarbonyl (C=S) groups is 1. The minimum Gasteiger partial charge on any atom is -0.368 e. The number of amides is 2. The number of halogens is 1. The van der Waals surface area contributed by atoms with Crippen molar-refractivity contribution in [1.82, 2.24) is 10.2 Å². The van der Waals surface area contributed by atoms with Crippen LogP contribution in [-0.2, 0) is 4.79 Å². The van der Waals surface area contributed by atoms with Gasteiger partial charge < -0.3 is 15.1 Å². The Bertz CT molecular complexity index is 925. The third kappa shape index (κ3) is 5.46. The minimum atomic E-state index is -0.354. The fraction of sp³-hybridized carbons (Fsp3) is 0.286. The Morgan fingerprint density at radius 1 is 1.03 bits per heavy atom. The molecule has 0 radical (unpaired) electrons. The molecule has 1 heterocycles. The van der Waals surface area contributed by atoms with Gasteiger partial charge in [-0.1, -0.05) is 17.7 Å². The predicted octanol–water partition coefficient (Wildman–Crippen LogP) is 3.44. The standard InChI is InChI=1S/C21H23ClN4O2S/c1-14-3-8-18(19(22)13-14)20(28)24-21(29)23-16-4-6-17(7-5-16)26-11-9-25(10-12-26)15(2)27/h3-8,13H,9-12H2,1-2H3,(H2,23,24,28,29). The van der Waals surface area contributed by atoms with Gasteiger partial charge in [0.05, 0.1) is 10.6 Å². The topological polar surface area (TPSA) is 64.7 Å². The van der Waals surface area contributed by atoms with E-state index < -0.39 is 0 Å². The lowest BCUT2D eigenvalue weighted by Gasteiger charge is -2.35. The Hall–Kier alpha value is -2.64. The van der Waals surface area contributed by atoms with Gasteiger partial charge in [-0.2, -0.15) is 0 Å². The summed E-state index contributed by atoms with van der Waals surface area (Å²) in [6, 6.07) is 13.0. The summed E-state index contributed by atoms with van der Waals surface area (Å²) in [4.78, 5) is 27.9. The van der Waals surface area contributed by atoms with Crippen molar-refractivity contribution in [3.05, 3.63) is 58.6 Å². The van der Waals surface area contributed by atoms with Crippen LogP contribution >= 0.6 is 23.8 Å². The average molecular weight is 431 g/mol. The second kappa shape index (κ2) is 9.24. The van der Waals surface area contributed by atoms with Gasteiger partial charge in [0.1, 0.15) is 0 Å². The molecule has 0 aliphatic carbocycles. The highest BCUT2D eigenvalue weighted by Crippen LogP contribution is 2.20. The number of hydrogen-bond acceptors (Lipinski definition) is 4. The quantitative estimate of drug-likeness (QED) is 0.730. The molecule has 2 amide bonds. The molecular formula is C21H23ClN4O2S. The monoisotopic (exact) mass is 430 g/mol. The molecule has 1 saturated heterocycles. The number of benzene rings is 2. The zero-order valence-corrected chi connectivity index (χ0v) is 17.9. The lowest BCUT2D eigenvalue weighted by atomic mass is 10.1.